The highest BCUT2D eigenvalue weighted by molar-refractivity contribution is 5.48. The average Bonchev–Trinajstić information content (AvgIpc) is 2.24. The van der Waals surface area contributed by atoms with Crippen molar-refractivity contribution in [1.29, 1.82) is 0 Å². The summed E-state index contributed by atoms with van der Waals surface area (Å²) < 4.78 is 0. The van der Waals surface area contributed by atoms with Crippen LogP contribution in [0.15, 0.2) is 36.4 Å². The van der Waals surface area contributed by atoms with E-state index in [9.17, 15) is 0 Å². The molecule has 1 rings (SSSR count). The van der Waals surface area contributed by atoms with Crippen molar-refractivity contribution in [1.82, 2.24) is 10.4 Å². The minimum atomic E-state index is 1.03. The van der Waals surface area contributed by atoms with Crippen molar-refractivity contribution in [3.63, 3.8) is 0 Å². The summed E-state index contributed by atoms with van der Waals surface area (Å²) in [6, 6.07) is 10.4. The second-order valence-electron chi connectivity index (χ2n) is 3.76. The Morgan fingerprint density at radius 1 is 1.20 bits per heavy atom. The van der Waals surface area contributed by atoms with Crippen molar-refractivity contribution in [3.05, 3.63) is 42.0 Å². The fourth-order valence-corrected chi connectivity index (χ4v) is 1.31. The van der Waals surface area contributed by atoms with Gasteiger partial charge in [0.25, 0.3) is 0 Å². The molecule has 0 heterocycles. The third-order valence-corrected chi connectivity index (χ3v) is 2.09. The van der Waals surface area contributed by atoms with E-state index in [0.717, 1.165) is 13.0 Å². The largest absolute Gasteiger partial charge is 0.256 e. The van der Waals surface area contributed by atoms with Gasteiger partial charge in [0, 0.05) is 20.6 Å². The lowest BCUT2D eigenvalue weighted by atomic mass is 10.2. The molecule has 1 aromatic rings. The Bertz CT molecular complexity index is 278. The van der Waals surface area contributed by atoms with Crippen LogP contribution in [0.3, 0.4) is 0 Å². The van der Waals surface area contributed by atoms with Crippen LogP contribution in [0, 0.1) is 0 Å². The maximum Gasteiger partial charge on any atom is 0.0105 e. The normalized spacial score (nSPS) is 11.4. The second-order valence-corrected chi connectivity index (χ2v) is 3.76. The lowest BCUT2D eigenvalue weighted by Gasteiger charge is -2.10. The molecule has 0 unspecified atom stereocenters. The number of nitrogens with one attached hydrogen (secondary N) is 1. The van der Waals surface area contributed by atoms with E-state index in [1.165, 1.54) is 12.0 Å². The molecule has 0 bridgehead atoms. The van der Waals surface area contributed by atoms with Crippen LogP contribution in [0.1, 0.15) is 18.4 Å². The molecule has 0 fully saturated rings. The fraction of sp³-hybridized carbons (Fsp3) is 0.385. The molecule has 0 atom stereocenters. The third kappa shape index (κ3) is 6.05. The van der Waals surface area contributed by atoms with Crippen LogP contribution >= 0.6 is 0 Å². The molecular weight excluding hydrogens is 184 g/mol. The fourth-order valence-electron chi connectivity index (χ4n) is 1.31. The highest BCUT2D eigenvalue weighted by Gasteiger charge is 1.87. The molecule has 1 N–H and O–H groups in total. The van der Waals surface area contributed by atoms with Gasteiger partial charge in [0.05, 0.1) is 0 Å². The highest BCUT2D eigenvalue weighted by Crippen LogP contribution is 2.02. The first kappa shape index (κ1) is 12.0. The molecule has 2 nitrogen and oxygen atoms in total. The molecule has 0 saturated carbocycles. The number of hydrogen-bond donors (Lipinski definition) is 1. The van der Waals surface area contributed by atoms with Gasteiger partial charge >= 0.3 is 0 Å². The summed E-state index contributed by atoms with van der Waals surface area (Å²) in [5.41, 5.74) is 4.52. The monoisotopic (exact) mass is 204 g/mol. The topological polar surface area (TPSA) is 15.3 Å². The average molecular weight is 204 g/mol. The van der Waals surface area contributed by atoms with Gasteiger partial charge in [-0.05, 0) is 18.4 Å². The number of hydrogen-bond acceptors (Lipinski definition) is 2. The first-order chi connectivity index (χ1) is 7.29. The summed E-state index contributed by atoms with van der Waals surface area (Å²) in [4.78, 5) is 0. The molecule has 15 heavy (non-hydrogen) atoms. The first-order valence-corrected chi connectivity index (χ1v) is 5.41. The third-order valence-electron chi connectivity index (χ3n) is 2.09. The smallest absolute Gasteiger partial charge is 0.0105 e. The maximum absolute atomic E-state index is 3.24. The molecule has 0 aromatic heterocycles. The number of benzene rings is 1. The van der Waals surface area contributed by atoms with E-state index in [1.807, 2.05) is 25.2 Å². The SMILES string of the molecule is CN(C)NCCCC=Cc1ccccc1. The van der Waals surface area contributed by atoms with Crippen molar-refractivity contribution in [2.45, 2.75) is 12.8 Å². The van der Waals surface area contributed by atoms with Gasteiger partial charge in [0.15, 0.2) is 0 Å². The van der Waals surface area contributed by atoms with Gasteiger partial charge in [-0.15, -0.1) is 0 Å². The molecule has 82 valence electrons. The minimum absolute atomic E-state index is 1.03. The maximum atomic E-state index is 3.24. The van der Waals surface area contributed by atoms with Crippen molar-refractivity contribution in [2.75, 3.05) is 20.6 Å². The van der Waals surface area contributed by atoms with Crippen molar-refractivity contribution in [3.8, 4) is 0 Å². The lowest BCUT2D eigenvalue weighted by Crippen LogP contribution is -2.30. The predicted octanol–water partition coefficient (Wildman–Crippen LogP) is 2.55. The van der Waals surface area contributed by atoms with Crippen LogP contribution in [-0.4, -0.2) is 25.6 Å². The second kappa shape index (κ2) is 7.21. The standard InChI is InChI=1S/C13H20N2/c1-15(2)14-12-8-4-7-11-13-9-5-3-6-10-13/h3,5-7,9-11,14H,4,8,12H2,1-2H3. The number of unbranched alkanes of at least 4 members (excludes halogenated alkanes) is 1. The van der Waals surface area contributed by atoms with E-state index in [0.29, 0.717) is 0 Å². The minimum Gasteiger partial charge on any atom is -0.256 e. The molecule has 2 heteroatoms. The Morgan fingerprint density at radius 2 is 1.93 bits per heavy atom. The number of rotatable bonds is 6. The zero-order valence-electron chi connectivity index (χ0n) is 9.61. The van der Waals surface area contributed by atoms with E-state index in [2.05, 4.69) is 41.8 Å². The van der Waals surface area contributed by atoms with E-state index >= 15 is 0 Å². The predicted molar refractivity (Wildman–Crippen MR) is 66.4 cm³/mol. The summed E-state index contributed by atoms with van der Waals surface area (Å²) >= 11 is 0. The van der Waals surface area contributed by atoms with Crippen molar-refractivity contribution >= 4 is 6.08 Å². The Hall–Kier alpha value is -1.12. The van der Waals surface area contributed by atoms with Crippen LogP contribution in [0.5, 0.6) is 0 Å². The van der Waals surface area contributed by atoms with Crippen LogP contribution < -0.4 is 5.43 Å². The summed E-state index contributed by atoms with van der Waals surface area (Å²) in [5, 5.41) is 1.99. The van der Waals surface area contributed by atoms with Gasteiger partial charge in [-0.1, -0.05) is 42.5 Å². The summed E-state index contributed by atoms with van der Waals surface area (Å²) in [6.07, 6.45) is 6.69. The quantitative estimate of drug-likeness (QED) is 0.566. The highest BCUT2D eigenvalue weighted by atomic mass is 15.5. The molecule has 0 aliphatic heterocycles. The van der Waals surface area contributed by atoms with E-state index in [-0.39, 0.29) is 0 Å². The van der Waals surface area contributed by atoms with Gasteiger partial charge in [-0.3, -0.25) is 10.4 Å². The molecule has 0 amide bonds. The van der Waals surface area contributed by atoms with Crippen LogP contribution in [-0.2, 0) is 0 Å². The van der Waals surface area contributed by atoms with E-state index in [4.69, 9.17) is 0 Å². The molecule has 0 aliphatic rings. The van der Waals surface area contributed by atoms with Crippen LogP contribution in [0.2, 0.25) is 0 Å². The molecule has 0 radical (unpaired) electrons. The first-order valence-electron chi connectivity index (χ1n) is 5.41. The van der Waals surface area contributed by atoms with Crippen molar-refractivity contribution < 1.29 is 0 Å². The lowest BCUT2D eigenvalue weighted by molar-refractivity contribution is 0.289. The van der Waals surface area contributed by atoms with Gasteiger partial charge in [0.1, 0.15) is 0 Å². The Morgan fingerprint density at radius 3 is 2.60 bits per heavy atom. The van der Waals surface area contributed by atoms with Crippen LogP contribution in [0.25, 0.3) is 6.08 Å². The Balaban J connectivity index is 2.12. The van der Waals surface area contributed by atoms with Crippen LogP contribution in [0.4, 0.5) is 0 Å². The number of hydrazine groups is 1. The zero-order chi connectivity index (χ0) is 10.9. The van der Waals surface area contributed by atoms with E-state index < -0.39 is 0 Å². The summed E-state index contributed by atoms with van der Waals surface area (Å²) in [6.45, 7) is 1.03. The zero-order valence-corrected chi connectivity index (χ0v) is 9.61. The molecule has 0 saturated heterocycles. The van der Waals surface area contributed by atoms with E-state index in [1.54, 1.807) is 0 Å². The van der Waals surface area contributed by atoms with Gasteiger partial charge in [-0.2, -0.15) is 0 Å². The molecule has 1 aromatic carbocycles. The molecular formula is C13H20N2. The van der Waals surface area contributed by atoms with Gasteiger partial charge in [0.2, 0.25) is 0 Å². The number of nitrogens with zero attached hydrogens (tertiary/aromatic N) is 1. The van der Waals surface area contributed by atoms with Gasteiger partial charge < -0.3 is 0 Å². The molecule has 0 aliphatic carbocycles. The Kier molecular flexibility index (Phi) is 5.74. The summed E-state index contributed by atoms with van der Waals surface area (Å²) in [5.74, 6) is 0. The summed E-state index contributed by atoms with van der Waals surface area (Å²) in [7, 11) is 4.03. The molecule has 0 spiro atoms. The van der Waals surface area contributed by atoms with Gasteiger partial charge in [-0.25, -0.2) is 0 Å². The number of allylic oxidation sites excluding steroid dienone is 1. The van der Waals surface area contributed by atoms with Crippen molar-refractivity contribution in [2.24, 2.45) is 0 Å². The Labute approximate surface area is 92.6 Å².